The monoisotopic (exact) mass is 185 g/mol. The fraction of sp³-hybridized carbons (Fsp3) is 0.750. The maximum Gasteiger partial charge on any atom is 0.217 e. The summed E-state index contributed by atoms with van der Waals surface area (Å²) in [5.74, 6) is 2.81. The molecule has 0 amide bonds. The van der Waals surface area contributed by atoms with Crippen molar-refractivity contribution in [1.29, 1.82) is 0 Å². The Kier molecular flexibility index (Phi) is 3.97. The molecule has 3 nitrogen and oxygen atoms in total. The largest absolute Gasteiger partial charge is 0.264 e. The molecule has 0 aromatic heterocycles. The lowest BCUT2D eigenvalue weighted by atomic mass is 10.2. The average molecular weight is 185 g/mol. The van der Waals surface area contributed by atoms with Crippen molar-refractivity contribution >= 4 is 8.07 Å². The van der Waals surface area contributed by atoms with Crippen molar-refractivity contribution < 1.29 is 4.92 Å². The van der Waals surface area contributed by atoms with Crippen molar-refractivity contribution in [2.45, 2.75) is 26.6 Å². The predicted octanol–water partition coefficient (Wildman–Crippen LogP) is 1.78. The first-order chi connectivity index (χ1) is 5.31. The molecule has 0 saturated heterocycles. The third-order valence-electron chi connectivity index (χ3n) is 1.12. The summed E-state index contributed by atoms with van der Waals surface area (Å²) in [6, 6.07) is 0. The van der Waals surface area contributed by atoms with Crippen LogP contribution in [0.15, 0.2) is 0 Å². The van der Waals surface area contributed by atoms with Gasteiger partial charge >= 0.3 is 0 Å². The Bertz CT molecular complexity index is 221. The highest BCUT2D eigenvalue weighted by molar-refractivity contribution is 6.83. The van der Waals surface area contributed by atoms with Crippen LogP contribution in [-0.4, -0.2) is 19.5 Å². The number of hydrogen-bond acceptors (Lipinski definition) is 2. The molecule has 0 spiro atoms. The SMILES string of the molecule is CC(C#C[Si](C)(C)C)C[N+](=O)[O-]. The maximum atomic E-state index is 10.1. The average Bonchev–Trinajstić information content (AvgIpc) is 1.80. The van der Waals surface area contributed by atoms with Gasteiger partial charge in [-0.2, -0.15) is 0 Å². The summed E-state index contributed by atoms with van der Waals surface area (Å²) in [6.45, 7) is 8.12. The minimum absolute atomic E-state index is 0.0442. The summed E-state index contributed by atoms with van der Waals surface area (Å²) in [4.78, 5) is 9.77. The summed E-state index contributed by atoms with van der Waals surface area (Å²) in [5.41, 5.74) is 3.11. The van der Waals surface area contributed by atoms with Gasteiger partial charge in [0.25, 0.3) is 0 Å². The minimum Gasteiger partial charge on any atom is -0.264 e. The van der Waals surface area contributed by atoms with Crippen LogP contribution >= 0.6 is 0 Å². The van der Waals surface area contributed by atoms with Crippen molar-refractivity contribution in [2.24, 2.45) is 5.92 Å². The molecule has 68 valence electrons. The lowest BCUT2D eigenvalue weighted by Gasteiger charge is -2.04. The van der Waals surface area contributed by atoms with Gasteiger partial charge in [-0.1, -0.05) is 19.6 Å². The summed E-state index contributed by atoms with van der Waals surface area (Å²) < 4.78 is 0. The van der Waals surface area contributed by atoms with Gasteiger partial charge in [-0.3, -0.25) is 10.1 Å². The molecule has 1 unspecified atom stereocenters. The van der Waals surface area contributed by atoms with E-state index in [-0.39, 0.29) is 17.4 Å². The van der Waals surface area contributed by atoms with E-state index < -0.39 is 8.07 Å². The van der Waals surface area contributed by atoms with Crippen molar-refractivity contribution in [3.05, 3.63) is 10.1 Å². The molecular formula is C8H15NO2Si. The second kappa shape index (κ2) is 4.26. The molecule has 1 atom stereocenters. The highest BCUT2D eigenvalue weighted by Crippen LogP contribution is 1.99. The predicted molar refractivity (Wildman–Crippen MR) is 52.1 cm³/mol. The molecule has 0 fully saturated rings. The van der Waals surface area contributed by atoms with Gasteiger partial charge in [0.15, 0.2) is 0 Å². The Labute approximate surface area is 74.3 Å². The van der Waals surface area contributed by atoms with Crippen LogP contribution in [0, 0.1) is 27.5 Å². The molecular weight excluding hydrogens is 170 g/mol. The van der Waals surface area contributed by atoms with Crippen LogP contribution in [0.1, 0.15) is 6.92 Å². The highest BCUT2D eigenvalue weighted by Gasteiger charge is 2.10. The minimum atomic E-state index is -1.35. The van der Waals surface area contributed by atoms with E-state index in [0.29, 0.717) is 0 Å². The van der Waals surface area contributed by atoms with E-state index in [9.17, 15) is 10.1 Å². The van der Waals surface area contributed by atoms with E-state index in [4.69, 9.17) is 0 Å². The summed E-state index contributed by atoms with van der Waals surface area (Å²) in [6.07, 6.45) is 0. The molecule has 0 aliphatic heterocycles. The zero-order valence-electron chi connectivity index (χ0n) is 8.05. The quantitative estimate of drug-likeness (QED) is 0.285. The van der Waals surface area contributed by atoms with Gasteiger partial charge in [-0.15, -0.1) is 11.5 Å². The molecule has 0 bridgehead atoms. The van der Waals surface area contributed by atoms with Crippen molar-refractivity contribution in [3.8, 4) is 11.5 Å². The van der Waals surface area contributed by atoms with E-state index in [1.165, 1.54) is 0 Å². The first-order valence-electron chi connectivity index (χ1n) is 3.96. The third-order valence-corrected chi connectivity index (χ3v) is 2.01. The lowest BCUT2D eigenvalue weighted by Crippen LogP contribution is -2.18. The number of nitro groups is 1. The summed E-state index contributed by atoms with van der Waals surface area (Å²) in [7, 11) is -1.35. The summed E-state index contributed by atoms with van der Waals surface area (Å²) >= 11 is 0. The first-order valence-corrected chi connectivity index (χ1v) is 7.46. The molecule has 0 saturated carbocycles. The number of rotatable bonds is 2. The van der Waals surface area contributed by atoms with Crippen LogP contribution in [-0.2, 0) is 0 Å². The first kappa shape index (κ1) is 11.2. The van der Waals surface area contributed by atoms with Gasteiger partial charge in [0, 0.05) is 4.92 Å². The van der Waals surface area contributed by atoms with E-state index in [1.807, 2.05) is 0 Å². The van der Waals surface area contributed by atoms with Crippen LogP contribution in [0.2, 0.25) is 19.6 Å². The standard InChI is InChI=1S/C8H15NO2Si/c1-8(7-9(10)11)5-6-12(2,3)4/h8H,7H2,1-4H3. The molecule has 0 N–H and O–H groups in total. The molecule has 12 heavy (non-hydrogen) atoms. The molecule has 0 aliphatic rings. The fourth-order valence-electron chi connectivity index (χ4n) is 0.609. The van der Waals surface area contributed by atoms with Crippen molar-refractivity contribution in [1.82, 2.24) is 0 Å². The van der Waals surface area contributed by atoms with Crippen molar-refractivity contribution in [3.63, 3.8) is 0 Å². The second-order valence-corrected chi connectivity index (χ2v) is 8.69. The second-order valence-electron chi connectivity index (χ2n) is 3.94. The third kappa shape index (κ3) is 7.29. The Morgan fingerprint density at radius 3 is 2.33 bits per heavy atom. The van der Waals surface area contributed by atoms with Gasteiger partial charge in [0.05, 0.1) is 5.92 Å². The molecule has 4 heteroatoms. The summed E-state index contributed by atoms with van der Waals surface area (Å²) in [5, 5.41) is 10.1. The Morgan fingerprint density at radius 1 is 1.50 bits per heavy atom. The Balaban J connectivity index is 4.04. The van der Waals surface area contributed by atoms with Crippen LogP contribution in [0.3, 0.4) is 0 Å². The number of hydrogen-bond donors (Lipinski definition) is 0. The van der Waals surface area contributed by atoms with E-state index >= 15 is 0 Å². The van der Waals surface area contributed by atoms with Crippen LogP contribution < -0.4 is 0 Å². The Hall–Kier alpha value is -0.823. The van der Waals surface area contributed by atoms with E-state index in [2.05, 4.69) is 31.1 Å². The van der Waals surface area contributed by atoms with Crippen LogP contribution in [0.4, 0.5) is 0 Å². The zero-order valence-corrected chi connectivity index (χ0v) is 9.05. The van der Waals surface area contributed by atoms with E-state index in [0.717, 1.165) is 0 Å². The van der Waals surface area contributed by atoms with E-state index in [1.54, 1.807) is 6.92 Å². The Morgan fingerprint density at radius 2 is 2.00 bits per heavy atom. The van der Waals surface area contributed by atoms with Gasteiger partial charge in [-0.25, -0.2) is 0 Å². The molecule has 0 aromatic carbocycles. The van der Waals surface area contributed by atoms with Gasteiger partial charge in [-0.05, 0) is 6.92 Å². The topological polar surface area (TPSA) is 43.1 Å². The smallest absolute Gasteiger partial charge is 0.217 e. The van der Waals surface area contributed by atoms with Gasteiger partial charge in [0.1, 0.15) is 8.07 Å². The molecule has 0 radical (unpaired) electrons. The number of nitrogens with zero attached hydrogens (tertiary/aromatic N) is 1. The van der Waals surface area contributed by atoms with Crippen molar-refractivity contribution in [2.75, 3.05) is 6.54 Å². The normalized spacial score (nSPS) is 13.0. The maximum absolute atomic E-state index is 10.1. The van der Waals surface area contributed by atoms with Crippen LogP contribution in [0.25, 0.3) is 0 Å². The lowest BCUT2D eigenvalue weighted by molar-refractivity contribution is -0.484. The van der Waals surface area contributed by atoms with Crippen LogP contribution in [0.5, 0.6) is 0 Å². The molecule has 0 rings (SSSR count). The highest BCUT2D eigenvalue weighted by atomic mass is 28.3. The molecule has 0 heterocycles. The zero-order chi connectivity index (χ0) is 9.78. The molecule has 0 aliphatic carbocycles. The fourth-order valence-corrected chi connectivity index (χ4v) is 1.29. The van der Waals surface area contributed by atoms with Gasteiger partial charge in [0.2, 0.25) is 6.54 Å². The molecule has 0 aromatic rings. The van der Waals surface area contributed by atoms with Gasteiger partial charge < -0.3 is 0 Å².